The van der Waals surface area contributed by atoms with Crippen LogP contribution < -0.4 is 4.74 Å². The third kappa shape index (κ3) is 8.79. The molecule has 1 amide bonds. The molecule has 10 heteroatoms. The van der Waals surface area contributed by atoms with Crippen LogP contribution >= 0.6 is 0 Å². The number of piperidine rings is 1. The number of aryl methyl sites for hydroxylation is 2. The highest BCUT2D eigenvalue weighted by molar-refractivity contribution is 7.89. The molecule has 0 spiro atoms. The maximum absolute atomic E-state index is 14.0. The van der Waals surface area contributed by atoms with E-state index < -0.39 is 10.0 Å². The predicted molar refractivity (Wildman–Crippen MR) is 184 cm³/mol. The molecule has 0 radical (unpaired) electrons. The van der Waals surface area contributed by atoms with Crippen molar-refractivity contribution in [1.29, 1.82) is 0 Å². The highest BCUT2D eigenvalue weighted by Gasteiger charge is 2.37. The van der Waals surface area contributed by atoms with Crippen LogP contribution in [0.5, 0.6) is 5.75 Å². The molecule has 0 atom stereocenters. The van der Waals surface area contributed by atoms with Gasteiger partial charge in [-0.2, -0.15) is 4.31 Å². The summed E-state index contributed by atoms with van der Waals surface area (Å²) in [7, 11) is -2.30. The van der Waals surface area contributed by atoms with Crippen LogP contribution in [0.15, 0.2) is 71.9 Å². The van der Waals surface area contributed by atoms with Gasteiger partial charge in [0, 0.05) is 44.0 Å². The smallest absolute Gasteiger partial charge is 0.248 e. The lowest BCUT2D eigenvalue weighted by Gasteiger charge is -2.42. The van der Waals surface area contributed by atoms with Crippen molar-refractivity contribution < 1.29 is 22.7 Å². The number of hydrogen-bond donors (Lipinski definition) is 0. The molecule has 5 rings (SSSR count). The van der Waals surface area contributed by atoms with Gasteiger partial charge >= 0.3 is 0 Å². The summed E-state index contributed by atoms with van der Waals surface area (Å²) >= 11 is 0. The first-order chi connectivity index (χ1) is 22.7. The summed E-state index contributed by atoms with van der Waals surface area (Å²) in [5, 5.41) is 0. The number of sulfonamides is 1. The second kappa shape index (κ2) is 16.2. The normalized spacial score (nSPS) is 16.9. The SMILES string of the molecule is COc1cc(C)c(S(=O)(=O)N(CCOCC(=O)N2CCC(CCCN3CCCC3)(c3cccnc3)CC2)Cc2ccccc2)c(C)c1. The minimum Gasteiger partial charge on any atom is -0.497 e. The number of benzene rings is 2. The van der Waals surface area contributed by atoms with Gasteiger partial charge in [0.15, 0.2) is 0 Å². The number of aromatic nitrogens is 1. The van der Waals surface area contributed by atoms with Gasteiger partial charge in [-0.1, -0.05) is 36.4 Å². The summed E-state index contributed by atoms with van der Waals surface area (Å²) in [6.07, 6.45) is 10.5. The van der Waals surface area contributed by atoms with Crippen LogP contribution in [0.3, 0.4) is 0 Å². The zero-order valence-electron chi connectivity index (χ0n) is 28.2. The topological polar surface area (TPSA) is 92.3 Å². The lowest BCUT2D eigenvalue weighted by Crippen LogP contribution is -2.46. The number of amides is 1. The number of methoxy groups -OCH3 is 1. The number of nitrogens with zero attached hydrogens (tertiary/aromatic N) is 4. The first-order valence-corrected chi connectivity index (χ1v) is 18.3. The molecule has 0 unspecified atom stereocenters. The van der Waals surface area contributed by atoms with Crippen molar-refractivity contribution in [1.82, 2.24) is 19.1 Å². The van der Waals surface area contributed by atoms with E-state index in [1.54, 1.807) is 33.1 Å². The summed E-state index contributed by atoms with van der Waals surface area (Å²) in [5.74, 6) is 0.564. The summed E-state index contributed by atoms with van der Waals surface area (Å²) in [6.45, 7) is 8.81. The van der Waals surface area contributed by atoms with Crippen molar-refractivity contribution in [2.45, 2.75) is 69.2 Å². The summed E-state index contributed by atoms with van der Waals surface area (Å²) in [5.41, 5.74) is 3.42. The highest BCUT2D eigenvalue weighted by Crippen LogP contribution is 2.39. The average Bonchev–Trinajstić information content (AvgIpc) is 3.60. The third-order valence-electron chi connectivity index (χ3n) is 9.86. The molecule has 2 aliphatic heterocycles. The van der Waals surface area contributed by atoms with Crippen LogP contribution in [-0.2, 0) is 31.5 Å². The van der Waals surface area contributed by atoms with E-state index in [0.717, 1.165) is 37.8 Å². The van der Waals surface area contributed by atoms with Gasteiger partial charge in [0.1, 0.15) is 12.4 Å². The molecule has 9 nitrogen and oxygen atoms in total. The van der Waals surface area contributed by atoms with Gasteiger partial charge in [-0.05, 0) is 112 Å². The van der Waals surface area contributed by atoms with Crippen LogP contribution in [0.1, 0.15) is 60.8 Å². The van der Waals surface area contributed by atoms with Gasteiger partial charge in [-0.15, -0.1) is 0 Å². The van der Waals surface area contributed by atoms with Gasteiger partial charge in [-0.3, -0.25) is 9.78 Å². The van der Waals surface area contributed by atoms with Crippen molar-refractivity contribution in [3.05, 3.63) is 89.2 Å². The molecule has 2 saturated heterocycles. The molecule has 0 bridgehead atoms. The van der Waals surface area contributed by atoms with Crippen LogP contribution in [0.25, 0.3) is 0 Å². The van der Waals surface area contributed by atoms with Crippen molar-refractivity contribution >= 4 is 15.9 Å². The Morgan fingerprint density at radius 2 is 1.68 bits per heavy atom. The number of rotatable bonds is 15. The molecule has 3 heterocycles. The van der Waals surface area contributed by atoms with Crippen LogP contribution in [0.2, 0.25) is 0 Å². The second-order valence-electron chi connectivity index (χ2n) is 13.0. The van der Waals surface area contributed by atoms with Gasteiger partial charge in [0.05, 0.1) is 18.6 Å². The molecule has 0 aliphatic carbocycles. The molecule has 47 heavy (non-hydrogen) atoms. The van der Waals surface area contributed by atoms with E-state index in [4.69, 9.17) is 9.47 Å². The number of pyridine rings is 1. The predicted octanol–water partition coefficient (Wildman–Crippen LogP) is 5.35. The minimum absolute atomic E-state index is 0.0235. The van der Waals surface area contributed by atoms with E-state index in [1.165, 1.54) is 35.8 Å². The Bertz CT molecular complexity index is 1530. The average molecular weight is 663 g/mol. The standard InChI is InChI=1S/C37H50N4O5S/c1-30-25-34(45-3)26-31(2)36(30)47(43,44)41(28-32-11-5-4-6-12-32)23-24-46-29-35(42)40-21-15-37(16-22-40,33-13-9-17-38-27-33)14-10-20-39-18-7-8-19-39/h4-6,9,11-13,17,25-27H,7-8,10,14-16,18-24,28-29H2,1-3H3. The number of ether oxygens (including phenoxy) is 2. The van der Waals surface area contributed by atoms with E-state index in [9.17, 15) is 13.2 Å². The van der Waals surface area contributed by atoms with Crippen LogP contribution in [-0.4, -0.2) is 93.0 Å². The van der Waals surface area contributed by atoms with E-state index in [-0.39, 0.29) is 42.5 Å². The zero-order chi connectivity index (χ0) is 33.3. The van der Waals surface area contributed by atoms with Crippen molar-refractivity contribution in [2.24, 2.45) is 0 Å². The number of carbonyl (C=O) groups is 1. The van der Waals surface area contributed by atoms with E-state index in [0.29, 0.717) is 30.0 Å². The fraction of sp³-hybridized carbons (Fsp3) is 0.514. The first kappa shape index (κ1) is 35.0. The molecular weight excluding hydrogens is 612 g/mol. The van der Waals surface area contributed by atoms with Gasteiger partial charge in [0.25, 0.3) is 0 Å². The molecule has 0 N–H and O–H groups in total. The Hall–Kier alpha value is -3.31. The highest BCUT2D eigenvalue weighted by atomic mass is 32.2. The van der Waals surface area contributed by atoms with Crippen molar-refractivity contribution in [2.75, 3.05) is 59.6 Å². The Kier molecular flexibility index (Phi) is 12.1. The van der Waals surface area contributed by atoms with E-state index in [1.807, 2.05) is 53.7 Å². The second-order valence-corrected chi connectivity index (χ2v) is 14.9. The van der Waals surface area contributed by atoms with E-state index >= 15 is 0 Å². The molecule has 2 aromatic carbocycles. The molecular formula is C37H50N4O5S. The number of carbonyl (C=O) groups excluding carboxylic acids is 1. The van der Waals surface area contributed by atoms with Crippen LogP contribution in [0, 0.1) is 13.8 Å². The quantitative estimate of drug-likeness (QED) is 0.203. The molecule has 2 aliphatic rings. The largest absolute Gasteiger partial charge is 0.497 e. The molecule has 2 fully saturated rings. The number of likely N-dealkylation sites (tertiary alicyclic amines) is 2. The Morgan fingerprint density at radius 1 is 0.979 bits per heavy atom. The monoisotopic (exact) mass is 662 g/mol. The lowest BCUT2D eigenvalue weighted by molar-refractivity contribution is -0.137. The zero-order valence-corrected chi connectivity index (χ0v) is 29.0. The van der Waals surface area contributed by atoms with Gasteiger partial charge < -0.3 is 19.3 Å². The summed E-state index contributed by atoms with van der Waals surface area (Å²) in [6, 6.07) is 17.2. The van der Waals surface area contributed by atoms with E-state index in [2.05, 4.69) is 16.0 Å². The minimum atomic E-state index is -3.87. The molecule has 254 valence electrons. The Balaban J connectivity index is 1.18. The summed E-state index contributed by atoms with van der Waals surface area (Å²) in [4.78, 5) is 22.4. The molecule has 0 saturated carbocycles. The molecule has 1 aromatic heterocycles. The van der Waals surface area contributed by atoms with Crippen molar-refractivity contribution in [3.63, 3.8) is 0 Å². The lowest BCUT2D eigenvalue weighted by atomic mass is 9.70. The van der Waals surface area contributed by atoms with Crippen LogP contribution in [0.4, 0.5) is 0 Å². The number of hydrogen-bond acceptors (Lipinski definition) is 7. The fourth-order valence-corrected chi connectivity index (χ4v) is 9.07. The maximum atomic E-state index is 14.0. The van der Waals surface area contributed by atoms with Gasteiger partial charge in [0.2, 0.25) is 15.9 Å². The summed E-state index contributed by atoms with van der Waals surface area (Å²) < 4.78 is 40.7. The third-order valence-corrected chi connectivity index (χ3v) is 12.0. The maximum Gasteiger partial charge on any atom is 0.248 e. The van der Waals surface area contributed by atoms with Gasteiger partial charge in [-0.25, -0.2) is 8.42 Å². The Morgan fingerprint density at radius 3 is 2.32 bits per heavy atom. The van der Waals surface area contributed by atoms with Crippen molar-refractivity contribution in [3.8, 4) is 5.75 Å². The fourth-order valence-electron chi connectivity index (χ4n) is 7.24. The molecule has 3 aromatic rings. The Labute approximate surface area is 280 Å². The first-order valence-electron chi connectivity index (χ1n) is 16.9.